The molecule has 70 valence electrons. The van der Waals surface area contributed by atoms with E-state index in [4.69, 9.17) is 0 Å². The van der Waals surface area contributed by atoms with Crippen molar-refractivity contribution < 1.29 is 0 Å². The zero-order valence-electron chi connectivity index (χ0n) is 7.81. The van der Waals surface area contributed by atoms with Gasteiger partial charge in [0.1, 0.15) is 0 Å². The SMILES string of the molecule is CNCC1CCc2cccc(Br)c21. The topological polar surface area (TPSA) is 12.0 Å². The van der Waals surface area contributed by atoms with Gasteiger partial charge in [-0.15, -0.1) is 0 Å². The Morgan fingerprint density at radius 3 is 3.15 bits per heavy atom. The van der Waals surface area contributed by atoms with E-state index < -0.39 is 0 Å². The normalized spacial score (nSPS) is 20.3. The lowest BCUT2D eigenvalue weighted by molar-refractivity contribution is 0.622. The number of benzene rings is 1. The van der Waals surface area contributed by atoms with Gasteiger partial charge >= 0.3 is 0 Å². The van der Waals surface area contributed by atoms with E-state index >= 15 is 0 Å². The number of hydrogen-bond acceptors (Lipinski definition) is 1. The molecular formula is C11H14BrN. The first-order valence-corrected chi connectivity index (χ1v) is 5.54. The van der Waals surface area contributed by atoms with Crippen LogP contribution in [0.2, 0.25) is 0 Å². The van der Waals surface area contributed by atoms with Crippen LogP contribution in [0.4, 0.5) is 0 Å². The molecule has 2 heteroatoms. The van der Waals surface area contributed by atoms with Gasteiger partial charge in [0, 0.05) is 11.0 Å². The highest BCUT2D eigenvalue weighted by molar-refractivity contribution is 9.10. The van der Waals surface area contributed by atoms with Gasteiger partial charge in [-0.05, 0) is 43.0 Å². The van der Waals surface area contributed by atoms with E-state index in [0.29, 0.717) is 5.92 Å². The van der Waals surface area contributed by atoms with Crippen LogP contribution >= 0.6 is 15.9 Å². The van der Waals surface area contributed by atoms with Gasteiger partial charge in [0.2, 0.25) is 0 Å². The maximum atomic E-state index is 3.63. The predicted octanol–water partition coefficient (Wildman–Crippen LogP) is 2.70. The van der Waals surface area contributed by atoms with Crippen molar-refractivity contribution in [1.82, 2.24) is 5.32 Å². The maximum Gasteiger partial charge on any atom is 0.0213 e. The van der Waals surface area contributed by atoms with Gasteiger partial charge in [-0.25, -0.2) is 0 Å². The molecule has 1 aliphatic rings. The molecule has 0 heterocycles. The molecule has 13 heavy (non-hydrogen) atoms. The minimum absolute atomic E-state index is 0.704. The fourth-order valence-electron chi connectivity index (χ4n) is 2.18. The number of hydrogen-bond donors (Lipinski definition) is 1. The quantitative estimate of drug-likeness (QED) is 0.838. The lowest BCUT2D eigenvalue weighted by atomic mass is 10.0. The molecule has 0 radical (unpaired) electrons. The summed E-state index contributed by atoms with van der Waals surface area (Å²) in [6.45, 7) is 1.09. The van der Waals surface area contributed by atoms with Gasteiger partial charge < -0.3 is 5.32 Å². The average Bonchev–Trinajstić information content (AvgIpc) is 2.51. The van der Waals surface area contributed by atoms with Crippen LogP contribution in [0.3, 0.4) is 0 Å². The van der Waals surface area contributed by atoms with E-state index in [1.54, 1.807) is 0 Å². The molecular weight excluding hydrogens is 226 g/mol. The molecule has 1 unspecified atom stereocenters. The molecule has 1 aromatic rings. The fourth-order valence-corrected chi connectivity index (χ4v) is 2.91. The van der Waals surface area contributed by atoms with Crippen LogP contribution in [0.15, 0.2) is 22.7 Å². The van der Waals surface area contributed by atoms with Crippen molar-refractivity contribution in [2.75, 3.05) is 13.6 Å². The molecule has 1 aliphatic carbocycles. The molecule has 0 saturated heterocycles. The van der Waals surface area contributed by atoms with Crippen LogP contribution < -0.4 is 5.32 Å². The summed E-state index contributed by atoms with van der Waals surface area (Å²) < 4.78 is 1.28. The van der Waals surface area contributed by atoms with Crippen LogP contribution in [0.1, 0.15) is 23.5 Å². The summed E-state index contributed by atoms with van der Waals surface area (Å²) in [5, 5.41) is 3.26. The van der Waals surface area contributed by atoms with E-state index in [0.717, 1.165) is 6.54 Å². The van der Waals surface area contributed by atoms with E-state index in [1.165, 1.54) is 28.4 Å². The minimum atomic E-state index is 0.704. The monoisotopic (exact) mass is 239 g/mol. The lowest BCUT2D eigenvalue weighted by Crippen LogP contribution is -2.15. The highest BCUT2D eigenvalue weighted by Crippen LogP contribution is 2.37. The third-order valence-corrected chi connectivity index (χ3v) is 3.46. The Morgan fingerprint density at radius 1 is 1.54 bits per heavy atom. The van der Waals surface area contributed by atoms with Crippen LogP contribution in [-0.4, -0.2) is 13.6 Å². The fraction of sp³-hybridized carbons (Fsp3) is 0.455. The number of halogens is 1. The standard InChI is InChI=1S/C11H14BrN/c1-13-7-9-6-5-8-3-2-4-10(12)11(8)9/h2-4,9,13H,5-7H2,1H3. The van der Waals surface area contributed by atoms with Gasteiger partial charge in [-0.2, -0.15) is 0 Å². The third kappa shape index (κ3) is 1.65. The number of aryl methyl sites for hydroxylation is 1. The number of likely N-dealkylation sites (N-methyl/N-ethyl adjacent to an activating group) is 1. The van der Waals surface area contributed by atoms with Crippen molar-refractivity contribution >= 4 is 15.9 Å². The van der Waals surface area contributed by atoms with Gasteiger partial charge in [0.25, 0.3) is 0 Å². The Bertz CT molecular complexity index is 307. The summed E-state index contributed by atoms with van der Waals surface area (Å²) in [4.78, 5) is 0. The summed E-state index contributed by atoms with van der Waals surface area (Å²) in [6.07, 6.45) is 2.53. The van der Waals surface area contributed by atoms with Crippen LogP contribution in [-0.2, 0) is 6.42 Å². The van der Waals surface area contributed by atoms with Crippen LogP contribution in [0.5, 0.6) is 0 Å². The Morgan fingerprint density at radius 2 is 2.38 bits per heavy atom. The number of rotatable bonds is 2. The van der Waals surface area contributed by atoms with E-state index in [9.17, 15) is 0 Å². The molecule has 0 bridgehead atoms. The lowest BCUT2D eigenvalue weighted by Gasteiger charge is -2.12. The van der Waals surface area contributed by atoms with Crippen molar-refractivity contribution in [2.24, 2.45) is 0 Å². The smallest absolute Gasteiger partial charge is 0.0213 e. The Kier molecular flexibility index (Phi) is 2.70. The van der Waals surface area contributed by atoms with Crippen LogP contribution in [0.25, 0.3) is 0 Å². The highest BCUT2D eigenvalue weighted by atomic mass is 79.9. The van der Waals surface area contributed by atoms with Crippen molar-refractivity contribution in [3.63, 3.8) is 0 Å². The van der Waals surface area contributed by atoms with E-state index in [2.05, 4.69) is 39.4 Å². The summed E-state index contributed by atoms with van der Waals surface area (Å²) in [7, 11) is 2.02. The number of fused-ring (bicyclic) bond motifs is 1. The van der Waals surface area contributed by atoms with Crippen LogP contribution in [0, 0.1) is 0 Å². The molecule has 0 spiro atoms. The summed E-state index contributed by atoms with van der Waals surface area (Å²) in [6, 6.07) is 6.52. The van der Waals surface area contributed by atoms with E-state index in [-0.39, 0.29) is 0 Å². The van der Waals surface area contributed by atoms with Crippen molar-refractivity contribution in [2.45, 2.75) is 18.8 Å². The molecule has 0 amide bonds. The predicted molar refractivity (Wildman–Crippen MR) is 59.1 cm³/mol. The molecule has 1 aromatic carbocycles. The van der Waals surface area contributed by atoms with Gasteiger partial charge in [0.15, 0.2) is 0 Å². The molecule has 2 rings (SSSR count). The Labute approximate surface area is 87.7 Å². The number of nitrogens with one attached hydrogen (secondary N) is 1. The van der Waals surface area contributed by atoms with Gasteiger partial charge in [-0.3, -0.25) is 0 Å². The minimum Gasteiger partial charge on any atom is -0.319 e. The van der Waals surface area contributed by atoms with Gasteiger partial charge in [0.05, 0.1) is 0 Å². The van der Waals surface area contributed by atoms with E-state index in [1.807, 2.05) is 7.05 Å². The van der Waals surface area contributed by atoms with Crippen molar-refractivity contribution in [3.05, 3.63) is 33.8 Å². The third-order valence-electron chi connectivity index (χ3n) is 2.76. The largest absolute Gasteiger partial charge is 0.319 e. The zero-order chi connectivity index (χ0) is 9.26. The molecule has 0 saturated carbocycles. The molecule has 1 atom stereocenters. The first-order valence-electron chi connectivity index (χ1n) is 4.75. The molecule has 0 aromatic heterocycles. The molecule has 0 aliphatic heterocycles. The highest BCUT2D eigenvalue weighted by Gasteiger charge is 2.23. The van der Waals surface area contributed by atoms with Gasteiger partial charge in [-0.1, -0.05) is 28.1 Å². The second kappa shape index (κ2) is 3.81. The Balaban J connectivity index is 2.34. The summed E-state index contributed by atoms with van der Waals surface area (Å²) in [5.74, 6) is 0.704. The first kappa shape index (κ1) is 9.22. The van der Waals surface area contributed by atoms with Crippen molar-refractivity contribution in [3.8, 4) is 0 Å². The molecule has 0 fully saturated rings. The average molecular weight is 240 g/mol. The zero-order valence-corrected chi connectivity index (χ0v) is 9.39. The molecule has 1 N–H and O–H groups in total. The maximum absolute atomic E-state index is 3.63. The van der Waals surface area contributed by atoms with Crippen molar-refractivity contribution in [1.29, 1.82) is 0 Å². The second-order valence-corrected chi connectivity index (χ2v) is 4.46. The molecule has 1 nitrogen and oxygen atoms in total. The summed E-state index contributed by atoms with van der Waals surface area (Å²) in [5.41, 5.74) is 3.05. The Hall–Kier alpha value is -0.340. The summed E-state index contributed by atoms with van der Waals surface area (Å²) >= 11 is 3.63. The second-order valence-electron chi connectivity index (χ2n) is 3.61. The first-order chi connectivity index (χ1) is 6.33.